The summed E-state index contributed by atoms with van der Waals surface area (Å²) in [5.41, 5.74) is 9.86. The Hall–Kier alpha value is -3.10. The standard InChI is InChI=1S/C26H30N6OS/c1-2-23(24-12-13-28-26(30-24)31-32(34)21-10-11-21)25(18-4-3-5-18)29-20-8-6-17(7-9-20)19-14-22(33)16-27-15-19/h6-9,12-16,21,23,29,33-34H,2-5,10-11H2,1H3,(H,28,30,31). The van der Waals surface area contributed by atoms with Crippen molar-refractivity contribution in [1.82, 2.24) is 19.4 Å². The van der Waals surface area contributed by atoms with Gasteiger partial charge in [0.1, 0.15) is 5.75 Å². The number of thiol groups is 1. The fourth-order valence-electron chi connectivity index (χ4n) is 4.23. The Morgan fingerprint density at radius 1 is 1.15 bits per heavy atom. The predicted molar refractivity (Wildman–Crippen MR) is 138 cm³/mol. The number of rotatable bonds is 9. The SMILES string of the molecule is CCC(C(Nc1ccc(-c2cncc(O)c2)cc1)=C1CCC1)c1ccnc(NN(S)C2CC2)n1. The highest BCUT2D eigenvalue weighted by Gasteiger charge is 2.28. The summed E-state index contributed by atoms with van der Waals surface area (Å²) in [6, 6.07) is 12.4. The van der Waals surface area contributed by atoms with Gasteiger partial charge in [0.05, 0.1) is 11.9 Å². The number of nitrogens with one attached hydrogen (secondary N) is 2. The second kappa shape index (κ2) is 10.0. The minimum absolute atomic E-state index is 0.156. The zero-order chi connectivity index (χ0) is 23.5. The van der Waals surface area contributed by atoms with Crippen molar-refractivity contribution in [2.75, 3.05) is 10.7 Å². The molecule has 7 nitrogen and oxygen atoms in total. The van der Waals surface area contributed by atoms with Gasteiger partial charge in [-0.1, -0.05) is 37.4 Å². The van der Waals surface area contributed by atoms with Crippen molar-refractivity contribution in [1.29, 1.82) is 0 Å². The quantitative estimate of drug-likeness (QED) is 0.226. The molecule has 2 heterocycles. The van der Waals surface area contributed by atoms with E-state index in [2.05, 4.69) is 64.7 Å². The Morgan fingerprint density at radius 3 is 2.59 bits per heavy atom. The first-order valence-corrected chi connectivity index (χ1v) is 12.3. The molecule has 2 saturated carbocycles. The number of hydrazine groups is 1. The van der Waals surface area contributed by atoms with Gasteiger partial charge >= 0.3 is 0 Å². The fraction of sp³-hybridized carbons (Fsp3) is 0.346. The van der Waals surface area contributed by atoms with Crippen LogP contribution in [0.3, 0.4) is 0 Å². The number of hydrogen-bond acceptors (Lipinski definition) is 8. The van der Waals surface area contributed by atoms with Crippen LogP contribution in [0.5, 0.6) is 5.75 Å². The van der Waals surface area contributed by atoms with E-state index in [9.17, 15) is 5.11 Å². The zero-order valence-electron chi connectivity index (χ0n) is 19.3. The molecule has 3 aromatic rings. The van der Waals surface area contributed by atoms with E-state index in [1.54, 1.807) is 12.3 Å². The molecule has 1 unspecified atom stereocenters. The van der Waals surface area contributed by atoms with E-state index in [0.717, 1.165) is 54.6 Å². The van der Waals surface area contributed by atoms with Crippen LogP contribution in [0.15, 0.2) is 66.3 Å². The Bertz CT molecular complexity index is 1170. The van der Waals surface area contributed by atoms with Crippen LogP contribution in [-0.2, 0) is 0 Å². The van der Waals surface area contributed by atoms with Gasteiger partial charge in [-0.3, -0.25) is 10.4 Å². The van der Waals surface area contributed by atoms with Crippen LogP contribution in [0.2, 0.25) is 0 Å². The molecule has 2 fully saturated rings. The third-order valence-electron chi connectivity index (χ3n) is 6.46. The number of aromatic hydroxyl groups is 1. The number of allylic oxidation sites excluding steroid dienone is 2. The maximum atomic E-state index is 9.73. The van der Waals surface area contributed by atoms with E-state index >= 15 is 0 Å². The zero-order valence-corrected chi connectivity index (χ0v) is 20.2. The number of hydrogen-bond donors (Lipinski definition) is 4. The maximum absolute atomic E-state index is 9.73. The highest BCUT2D eigenvalue weighted by atomic mass is 32.1. The van der Waals surface area contributed by atoms with Crippen molar-refractivity contribution >= 4 is 24.5 Å². The van der Waals surface area contributed by atoms with E-state index < -0.39 is 0 Å². The second-order valence-corrected chi connectivity index (χ2v) is 9.39. The molecule has 176 valence electrons. The molecule has 0 amide bonds. The molecule has 2 aromatic heterocycles. The lowest BCUT2D eigenvalue weighted by atomic mass is 9.84. The molecule has 34 heavy (non-hydrogen) atoms. The molecular weight excluding hydrogens is 444 g/mol. The third kappa shape index (κ3) is 5.18. The number of nitrogens with zero attached hydrogens (tertiary/aromatic N) is 4. The lowest BCUT2D eigenvalue weighted by Gasteiger charge is -2.29. The van der Waals surface area contributed by atoms with Crippen LogP contribution < -0.4 is 10.7 Å². The lowest BCUT2D eigenvalue weighted by molar-refractivity contribution is 0.473. The molecule has 8 heteroatoms. The number of benzene rings is 1. The molecule has 0 bridgehead atoms. The Balaban J connectivity index is 1.37. The Kier molecular flexibility index (Phi) is 6.69. The summed E-state index contributed by atoms with van der Waals surface area (Å²) >= 11 is 4.51. The van der Waals surface area contributed by atoms with Crippen LogP contribution in [0, 0.1) is 0 Å². The minimum Gasteiger partial charge on any atom is -0.506 e. The molecule has 0 aliphatic heterocycles. The first-order chi connectivity index (χ1) is 16.6. The van der Waals surface area contributed by atoms with E-state index in [0.29, 0.717) is 12.0 Å². The smallest absolute Gasteiger partial charge is 0.238 e. The van der Waals surface area contributed by atoms with Gasteiger partial charge in [0.25, 0.3) is 0 Å². The summed E-state index contributed by atoms with van der Waals surface area (Å²) in [7, 11) is 0. The fourth-order valence-corrected chi connectivity index (χ4v) is 4.55. The largest absolute Gasteiger partial charge is 0.506 e. The van der Waals surface area contributed by atoms with Gasteiger partial charge in [0.2, 0.25) is 5.95 Å². The molecule has 0 saturated heterocycles. The number of pyridine rings is 1. The van der Waals surface area contributed by atoms with Gasteiger partial charge in [0, 0.05) is 41.3 Å². The van der Waals surface area contributed by atoms with Gasteiger partial charge in [-0.05, 0) is 68.4 Å². The number of aromatic nitrogens is 3. The van der Waals surface area contributed by atoms with Gasteiger partial charge in [0.15, 0.2) is 0 Å². The van der Waals surface area contributed by atoms with Gasteiger partial charge < -0.3 is 10.4 Å². The number of anilines is 2. The van der Waals surface area contributed by atoms with Gasteiger partial charge in [-0.15, -0.1) is 0 Å². The minimum atomic E-state index is 0.156. The Labute approximate surface area is 205 Å². The normalized spacial score (nSPS) is 16.1. The van der Waals surface area contributed by atoms with Crippen LogP contribution in [-0.4, -0.2) is 30.5 Å². The van der Waals surface area contributed by atoms with Crippen molar-refractivity contribution in [3.8, 4) is 16.9 Å². The van der Waals surface area contributed by atoms with E-state index in [1.807, 2.05) is 16.7 Å². The molecule has 2 aliphatic rings. The molecule has 2 aliphatic carbocycles. The molecule has 0 radical (unpaired) electrons. The monoisotopic (exact) mass is 474 g/mol. The summed E-state index contributed by atoms with van der Waals surface area (Å²) in [5, 5.41) is 13.5. The molecule has 0 spiro atoms. The highest BCUT2D eigenvalue weighted by molar-refractivity contribution is 7.77. The van der Waals surface area contributed by atoms with Crippen LogP contribution in [0.4, 0.5) is 11.6 Å². The highest BCUT2D eigenvalue weighted by Crippen LogP contribution is 2.38. The van der Waals surface area contributed by atoms with E-state index in [4.69, 9.17) is 4.98 Å². The van der Waals surface area contributed by atoms with Crippen LogP contribution in [0.25, 0.3) is 11.1 Å². The van der Waals surface area contributed by atoms with Crippen molar-refractivity contribution < 1.29 is 5.11 Å². The first kappa shape index (κ1) is 22.7. The third-order valence-corrected chi connectivity index (χ3v) is 6.88. The molecular formula is C26H30N6OS. The van der Waals surface area contributed by atoms with Crippen molar-refractivity contribution in [2.24, 2.45) is 0 Å². The van der Waals surface area contributed by atoms with Gasteiger partial charge in [-0.2, -0.15) is 4.41 Å². The van der Waals surface area contributed by atoms with E-state index in [-0.39, 0.29) is 11.7 Å². The predicted octanol–water partition coefficient (Wildman–Crippen LogP) is 5.92. The summed E-state index contributed by atoms with van der Waals surface area (Å²) in [6.45, 7) is 2.20. The summed E-state index contributed by atoms with van der Waals surface area (Å²) < 4.78 is 1.81. The van der Waals surface area contributed by atoms with Gasteiger partial charge in [-0.25, -0.2) is 9.97 Å². The molecule has 1 aromatic carbocycles. The topological polar surface area (TPSA) is 86.2 Å². The van der Waals surface area contributed by atoms with E-state index in [1.165, 1.54) is 23.9 Å². The Morgan fingerprint density at radius 2 is 1.94 bits per heavy atom. The average molecular weight is 475 g/mol. The van der Waals surface area contributed by atoms with Crippen LogP contribution in [0.1, 0.15) is 57.1 Å². The average Bonchev–Trinajstić information content (AvgIpc) is 3.65. The van der Waals surface area contributed by atoms with Crippen LogP contribution >= 0.6 is 12.8 Å². The molecule has 5 rings (SSSR count). The van der Waals surface area contributed by atoms with Crippen molar-refractivity contribution in [3.63, 3.8) is 0 Å². The molecule has 3 N–H and O–H groups in total. The lowest BCUT2D eigenvalue weighted by Crippen LogP contribution is -2.24. The summed E-state index contributed by atoms with van der Waals surface area (Å²) in [4.78, 5) is 13.3. The molecule has 1 atom stereocenters. The summed E-state index contributed by atoms with van der Waals surface area (Å²) in [6.07, 6.45) is 11.7. The second-order valence-electron chi connectivity index (χ2n) is 8.96. The first-order valence-electron chi connectivity index (χ1n) is 11.9. The maximum Gasteiger partial charge on any atom is 0.238 e. The van der Waals surface area contributed by atoms with Crippen molar-refractivity contribution in [3.05, 3.63) is 72.0 Å². The summed E-state index contributed by atoms with van der Waals surface area (Å²) in [5.74, 6) is 0.905. The van der Waals surface area contributed by atoms with Crippen molar-refractivity contribution in [2.45, 2.75) is 57.4 Å².